The lowest BCUT2D eigenvalue weighted by Gasteiger charge is -2.27. The van der Waals surface area contributed by atoms with Crippen molar-refractivity contribution in [3.8, 4) is 0 Å². The quantitative estimate of drug-likeness (QED) is 0.445. The summed E-state index contributed by atoms with van der Waals surface area (Å²) in [6.45, 7) is 2.01. The normalized spacial score (nSPS) is 17.8. The minimum Gasteiger partial charge on any atom is -0.480 e. The molecule has 0 aromatic heterocycles. The summed E-state index contributed by atoms with van der Waals surface area (Å²) in [4.78, 5) is 32.9. The van der Waals surface area contributed by atoms with E-state index < -0.39 is 30.4 Å². The Bertz CT molecular complexity index is 329. The highest BCUT2D eigenvalue weighted by Gasteiger charge is 2.23. The van der Waals surface area contributed by atoms with Crippen molar-refractivity contribution in [3.05, 3.63) is 0 Å². The largest absolute Gasteiger partial charge is 0.480 e. The zero-order chi connectivity index (χ0) is 13.5. The third kappa shape index (κ3) is 4.97. The highest BCUT2D eigenvalue weighted by molar-refractivity contribution is 5.87. The van der Waals surface area contributed by atoms with Gasteiger partial charge >= 0.3 is 12.0 Å². The Hall–Kier alpha value is -1.87. The number of amides is 3. The van der Waals surface area contributed by atoms with Crippen LogP contribution in [0.15, 0.2) is 0 Å². The summed E-state index contributed by atoms with van der Waals surface area (Å²) in [6, 6.07) is -2.02. The summed E-state index contributed by atoms with van der Waals surface area (Å²) in [5.41, 5.74) is 7.36. The average molecular weight is 260 g/mol. The Balaban J connectivity index is 2.40. The molecule has 5 N–H and O–H groups in total. The van der Waals surface area contributed by atoms with Crippen LogP contribution in [0, 0.1) is 0 Å². The lowest BCUT2D eigenvalue weighted by atomic mass is 10.2. The van der Waals surface area contributed by atoms with Crippen molar-refractivity contribution in [2.24, 2.45) is 5.73 Å². The number of urea groups is 1. The fourth-order valence-corrected chi connectivity index (χ4v) is 1.41. The maximum absolute atomic E-state index is 11.5. The summed E-state index contributed by atoms with van der Waals surface area (Å²) in [6.07, 6.45) is -0.453. The Morgan fingerprint density at radius 2 is 1.94 bits per heavy atom. The number of carboxylic acids is 1. The van der Waals surface area contributed by atoms with Gasteiger partial charge in [0.2, 0.25) is 5.91 Å². The van der Waals surface area contributed by atoms with Crippen molar-refractivity contribution in [1.82, 2.24) is 15.8 Å². The van der Waals surface area contributed by atoms with Gasteiger partial charge in [-0.2, -0.15) is 0 Å². The molecule has 0 unspecified atom stereocenters. The molecule has 1 aliphatic rings. The van der Waals surface area contributed by atoms with Crippen LogP contribution in [0.4, 0.5) is 4.79 Å². The predicted octanol–water partition coefficient (Wildman–Crippen LogP) is -2.14. The summed E-state index contributed by atoms with van der Waals surface area (Å²) in [7, 11) is 0. The summed E-state index contributed by atoms with van der Waals surface area (Å²) < 4.78 is 5.08. The SMILES string of the molecule is NC(=O)C[C@@H](NC(=O)NN1CCOCC1)C(=O)O. The van der Waals surface area contributed by atoms with Gasteiger partial charge in [-0.3, -0.25) is 10.2 Å². The van der Waals surface area contributed by atoms with Crippen LogP contribution in [0.25, 0.3) is 0 Å². The lowest BCUT2D eigenvalue weighted by Crippen LogP contribution is -2.55. The monoisotopic (exact) mass is 260 g/mol. The first kappa shape index (κ1) is 14.2. The van der Waals surface area contributed by atoms with Gasteiger partial charge in [0.05, 0.1) is 19.6 Å². The molecule has 1 heterocycles. The van der Waals surface area contributed by atoms with Gasteiger partial charge in [-0.1, -0.05) is 0 Å². The number of aliphatic carboxylic acids is 1. The molecule has 102 valence electrons. The molecule has 1 aliphatic heterocycles. The highest BCUT2D eigenvalue weighted by atomic mass is 16.5. The highest BCUT2D eigenvalue weighted by Crippen LogP contribution is 1.94. The van der Waals surface area contributed by atoms with E-state index in [1.807, 2.05) is 0 Å². The van der Waals surface area contributed by atoms with E-state index in [1.165, 1.54) is 0 Å². The van der Waals surface area contributed by atoms with Crippen LogP contribution in [-0.4, -0.2) is 60.4 Å². The number of nitrogens with one attached hydrogen (secondary N) is 2. The van der Waals surface area contributed by atoms with Crippen molar-refractivity contribution >= 4 is 17.9 Å². The molecule has 1 atom stereocenters. The van der Waals surface area contributed by atoms with Crippen molar-refractivity contribution in [3.63, 3.8) is 0 Å². The summed E-state index contributed by atoms with van der Waals surface area (Å²) in [5.74, 6) is -2.11. The third-order valence-electron chi connectivity index (χ3n) is 2.28. The third-order valence-corrected chi connectivity index (χ3v) is 2.28. The summed E-state index contributed by atoms with van der Waals surface area (Å²) in [5, 5.41) is 12.6. The van der Waals surface area contributed by atoms with E-state index in [4.69, 9.17) is 15.6 Å². The molecule has 1 saturated heterocycles. The van der Waals surface area contributed by atoms with Gasteiger partial charge in [0.1, 0.15) is 6.04 Å². The number of hydrogen-bond donors (Lipinski definition) is 4. The van der Waals surface area contributed by atoms with E-state index in [9.17, 15) is 14.4 Å². The Kier molecular flexibility index (Phi) is 5.33. The molecule has 9 nitrogen and oxygen atoms in total. The van der Waals surface area contributed by atoms with E-state index in [0.29, 0.717) is 26.3 Å². The molecule has 0 aromatic rings. The van der Waals surface area contributed by atoms with Gasteiger partial charge < -0.3 is 20.9 Å². The van der Waals surface area contributed by atoms with E-state index in [0.717, 1.165) is 0 Å². The van der Waals surface area contributed by atoms with Crippen LogP contribution >= 0.6 is 0 Å². The minimum atomic E-state index is -1.33. The number of morpholine rings is 1. The Morgan fingerprint density at radius 1 is 1.33 bits per heavy atom. The zero-order valence-electron chi connectivity index (χ0n) is 9.72. The number of nitrogens with zero attached hydrogens (tertiary/aromatic N) is 1. The van der Waals surface area contributed by atoms with Crippen molar-refractivity contribution < 1.29 is 24.2 Å². The Labute approximate surface area is 103 Å². The number of carbonyl (C=O) groups is 3. The molecule has 0 spiro atoms. The number of carboxylic acid groups (broad SMARTS) is 1. The molecule has 0 bridgehead atoms. The molecule has 0 radical (unpaired) electrons. The molecular formula is C9H16N4O5. The Morgan fingerprint density at radius 3 is 2.44 bits per heavy atom. The van der Waals surface area contributed by atoms with Crippen LogP contribution in [0.1, 0.15) is 6.42 Å². The van der Waals surface area contributed by atoms with Gasteiger partial charge in [0.25, 0.3) is 0 Å². The molecule has 18 heavy (non-hydrogen) atoms. The second-order valence-electron chi connectivity index (χ2n) is 3.75. The van der Waals surface area contributed by atoms with Crippen LogP contribution in [-0.2, 0) is 14.3 Å². The summed E-state index contributed by atoms with van der Waals surface area (Å²) >= 11 is 0. The van der Waals surface area contributed by atoms with Crippen molar-refractivity contribution in [2.45, 2.75) is 12.5 Å². The number of hydrogen-bond acceptors (Lipinski definition) is 5. The number of carbonyl (C=O) groups excluding carboxylic acids is 2. The van der Waals surface area contributed by atoms with Crippen molar-refractivity contribution in [2.75, 3.05) is 26.3 Å². The lowest BCUT2D eigenvalue weighted by molar-refractivity contribution is -0.140. The maximum atomic E-state index is 11.5. The standard InChI is InChI=1S/C9H16N4O5/c10-7(14)5-6(8(15)16)11-9(17)12-13-1-3-18-4-2-13/h6H,1-5H2,(H2,10,14)(H,15,16)(H2,11,12,17)/t6-/m1/s1. The molecule has 1 rings (SSSR count). The maximum Gasteiger partial charge on any atom is 0.330 e. The van der Waals surface area contributed by atoms with Gasteiger partial charge in [-0.25, -0.2) is 14.6 Å². The van der Waals surface area contributed by atoms with Crippen LogP contribution in [0.3, 0.4) is 0 Å². The van der Waals surface area contributed by atoms with Crippen molar-refractivity contribution in [1.29, 1.82) is 0 Å². The van der Waals surface area contributed by atoms with Crippen LogP contribution in [0.2, 0.25) is 0 Å². The number of rotatable bonds is 5. The number of ether oxygens (including phenoxy) is 1. The fourth-order valence-electron chi connectivity index (χ4n) is 1.41. The molecule has 0 aliphatic carbocycles. The minimum absolute atomic E-state index is 0.453. The van der Waals surface area contributed by atoms with E-state index in [1.54, 1.807) is 5.01 Å². The van der Waals surface area contributed by atoms with Crippen LogP contribution in [0.5, 0.6) is 0 Å². The van der Waals surface area contributed by atoms with Gasteiger partial charge in [-0.05, 0) is 0 Å². The fraction of sp³-hybridized carbons (Fsp3) is 0.667. The average Bonchev–Trinajstić information content (AvgIpc) is 2.28. The van der Waals surface area contributed by atoms with Crippen LogP contribution < -0.4 is 16.5 Å². The predicted molar refractivity (Wildman–Crippen MR) is 59.3 cm³/mol. The number of primary amides is 1. The topological polar surface area (TPSA) is 134 Å². The second-order valence-corrected chi connectivity index (χ2v) is 3.75. The van der Waals surface area contributed by atoms with E-state index >= 15 is 0 Å². The number of nitrogens with two attached hydrogens (primary N) is 1. The zero-order valence-corrected chi connectivity index (χ0v) is 9.72. The molecule has 1 fully saturated rings. The van der Waals surface area contributed by atoms with E-state index in [-0.39, 0.29) is 0 Å². The van der Waals surface area contributed by atoms with Gasteiger partial charge in [-0.15, -0.1) is 0 Å². The molecule has 3 amide bonds. The molecular weight excluding hydrogens is 244 g/mol. The number of hydrazine groups is 1. The molecule has 9 heteroatoms. The first-order valence-electron chi connectivity index (χ1n) is 5.40. The van der Waals surface area contributed by atoms with Gasteiger partial charge in [0.15, 0.2) is 0 Å². The first-order chi connectivity index (χ1) is 8.49. The molecule has 0 aromatic carbocycles. The smallest absolute Gasteiger partial charge is 0.330 e. The van der Waals surface area contributed by atoms with Gasteiger partial charge in [0, 0.05) is 13.1 Å². The first-order valence-corrected chi connectivity index (χ1v) is 5.40. The second kappa shape index (κ2) is 6.77. The molecule has 0 saturated carbocycles. The van der Waals surface area contributed by atoms with E-state index in [2.05, 4.69) is 10.7 Å².